The summed E-state index contributed by atoms with van der Waals surface area (Å²) in [7, 11) is 0. The normalized spacial score (nSPS) is 19.3. The second kappa shape index (κ2) is 13.9. The Morgan fingerprint density at radius 2 is 0.846 bits per heavy atom. The van der Waals surface area contributed by atoms with Gasteiger partial charge in [-0.1, -0.05) is 152 Å². The van der Waals surface area contributed by atoms with Crippen LogP contribution >= 0.6 is 0 Å². The third-order valence-electron chi connectivity index (χ3n) is 17.6. The Bertz CT molecular complexity index is 3000. The fraction of sp³-hybridized carbons (Fsp3) is 0.344. The van der Waals surface area contributed by atoms with Crippen LogP contribution in [0.5, 0.6) is 0 Å². The van der Waals surface area contributed by atoms with Crippen molar-refractivity contribution < 1.29 is 0 Å². The molecule has 12 rings (SSSR count). The standard InChI is InChI=1S/C64H65N/c1-40-26-27-41-18-10-11-19-44(41)59(40)49-38-48-47-22-14-17-25-52(47)64(50-23-15-12-20-45(50)46-21-13-16-24-51(46)64)55(48)39-58(49)65(42-28-30-53-56(36-42)62(6,7)34-32-60(53,2)3)43-29-31-54-57(37-43)63(8,9)35-33-61(54,4)5/h12-17,20-31,36-39H,10-11,18-19,32-35H2,1-9H3. The SMILES string of the molecule is Cc1ccc2c(c1-c1cc3c(cc1N(c1ccc4c(c1)C(C)(C)CCC4(C)C)c1ccc4c(c1)C(C)(C)CCC4(C)C)C1(c4ccccc4-c4ccccc41)c1ccccc1-3)CCCC2. The van der Waals surface area contributed by atoms with Crippen LogP contribution in [0.1, 0.15) is 155 Å². The summed E-state index contributed by atoms with van der Waals surface area (Å²) < 4.78 is 0. The van der Waals surface area contributed by atoms with Gasteiger partial charge in [-0.05, 0) is 205 Å². The van der Waals surface area contributed by atoms with Gasteiger partial charge in [0.2, 0.25) is 0 Å². The molecule has 7 aromatic carbocycles. The maximum Gasteiger partial charge on any atom is 0.0726 e. The van der Waals surface area contributed by atoms with E-state index < -0.39 is 5.41 Å². The van der Waals surface area contributed by atoms with Crippen LogP contribution < -0.4 is 4.90 Å². The minimum absolute atomic E-state index is 0.0627. The van der Waals surface area contributed by atoms with E-state index >= 15 is 0 Å². The molecule has 0 fully saturated rings. The Labute approximate surface area is 389 Å². The molecule has 0 unspecified atom stereocenters. The number of fused-ring (bicyclic) bond motifs is 13. The molecule has 1 nitrogen and oxygen atoms in total. The minimum atomic E-state index is -0.451. The lowest BCUT2D eigenvalue weighted by molar-refractivity contribution is 0.332. The van der Waals surface area contributed by atoms with Crippen molar-refractivity contribution in [3.63, 3.8) is 0 Å². The molecule has 0 N–H and O–H groups in total. The highest BCUT2D eigenvalue weighted by Gasteiger charge is 2.52. The number of hydrogen-bond donors (Lipinski definition) is 0. The maximum absolute atomic E-state index is 2.72. The smallest absolute Gasteiger partial charge is 0.0726 e. The molecule has 7 aromatic rings. The number of nitrogens with zero attached hydrogens (tertiary/aromatic N) is 1. The summed E-state index contributed by atoms with van der Waals surface area (Å²) in [5.74, 6) is 0. The van der Waals surface area contributed by atoms with E-state index in [-0.39, 0.29) is 21.7 Å². The zero-order valence-electron chi connectivity index (χ0n) is 40.3. The van der Waals surface area contributed by atoms with E-state index in [9.17, 15) is 0 Å². The zero-order valence-corrected chi connectivity index (χ0v) is 40.3. The van der Waals surface area contributed by atoms with Crippen LogP contribution in [0.4, 0.5) is 17.1 Å². The molecule has 1 spiro atoms. The maximum atomic E-state index is 2.72. The predicted octanol–water partition coefficient (Wildman–Crippen LogP) is 17.1. The van der Waals surface area contributed by atoms with Crippen molar-refractivity contribution in [2.45, 2.75) is 141 Å². The van der Waals surface area contributed by atoms with E-state index in [1.165, 1.54) is 145 Å². The van der Waals surface area contributed by atoms with Crippen LogP contribution in [0.15, 0.2) is 133 Å². The van der Waals surface area contributed by atoms with Crippen LogP contribution in [0.2, 0.25) is 0 Å². The highest BCUT2D eigenvalue weighted by Crippen LogP contribution is 2.65. The Morgan fingerprint density at radius 1 is 0.385 bits per heavy atom. The number of aryl methyl sites for hydroxylation is 2. The van der Waals surface area contributed by atoms with Crippen molar-refractivity contribution in [3.8, 4) is 33.4 Å². The fourth-order valence-corrected chi connectivity index (χ4v) is 13.7. The van der Waals surface area contributed by atoms with Gasteiger partial charge >= 0.3 is 0 Å². The number of anilines is 3. The Hall–Kier alpha value is -5.66. The lowest BCUT2D eigenvalue weighted by Crippen LogP contribution is -2.34. The topological polar surface area (TPSA) is 3.24 Å². The first-order valence-electron chi connectivity index (χ1n) is 24.8. The third kappa shape index (κ3) is 5.76. The first-order valence-corrected chi connectivity index (χ1v) is 24.8. The molecule has 0 saturated heterocycles. The van der Waals surface area contributed by atoms with Gasteiger partial charge in [0, 0.05) is 16.9 Å². The summed E-state index contributed by atoms with van der Waals surface area (Å²) >= 11 is 0. The molecule has 0 saturated carbocycles. The van der Waals surface area contributed by atoms with Crippen molar-refractivity contribution in [2.24, 2.45) is 0 Å². The summed E-state index contributed by atoms with van der Waals surface area (Å²) in [5, 5.41) is 0. The summed E-state index contributed by atoms with van der Waals surface area (Å²) in [4.78, 5) is 2.72. The average molecular weight is 848 g/mol. The fourth-order valence-electron chi connectivity index (χ4n) is 13.7. The highest BCUT2D eigenvalue weighted by molar-refractivity contribution is 6.01. The molecule has 326 valence electrons. The van der Waals surface area contributed by atoms with E-state index in [1.54, 1.807) is 5.56 Å². The van der Waals surface area contributed by atoms with Gasteiger partial charge in [0.15, 0.2) is 0 Å². The Balaban J connectivity index is 1.24. The van der Waals surface area contributed by atoms with Crippen LogP contribution in [0.25, 0.3) is 33.4 Å². The molecule has 0 amide bonds. The Kier molecular flexibility index (Phi) is 8.75. The lowest BCUT2D eigenvalue weighted by atomic mass is 9.63. The molecule has 0 atom stereocenters. The monoisotopic (exact) mass is 848 g/mol. The number of rotatable bonds is 4. The van der Waals surface area contributed by atoms with Crippen molar-refractivity contribution in [1.29, 1.82) is 0 Å². The Morgan fingerprint density at radius 3 is 1.37 bits per heavy atom. The second-order valence-corrected chi connectivity index (χ2v) is 23.2. The lowest BCUT2D eigenvalue weighted by Gasteiger charge is -2.43. The van der Waals surface area contributed by atoms with E-state index in [4.69, 9.17) is 0 Å². The largest absolute Gasteiger partial charge is 0.310 e. The highest BCUT2D eigenvalue weighted by atomic mass is 15.1. The second-order valence-electron chi connectivity index (χ2n) is 23.2. The van der Waals surface area contributed by atoms with Crippen molar-refractivity contribution in [1.82, 2.24) is 0 Å². The third-order valence-corrected chi connectivity index (χ3v) is 17.6. The molecule has 1 heteroatoms. The van der Waals surface area contributed by atoms with Crippen molar-refractivity contribution in [2.75, 3.05) is 4.90 Å². The number of hydrogen-bond acceptors (Lipinski definition) is 1. The van der Waals surface area contributed by atoms with Crippen LogP contribution in [0, 0.1) is 6.92 Å². The van der Waals surface area contributed by atoms with Crippen LogP contribution in [-0.2, 0) is 39.9 Å². The van der Waals surface area contributed by atoms with Crippen LogP contribution in [0.3, 0.4) is 0 Å². The van der Waals surface area contributed by atoms with Gasteiger partial charge in [0.05, 0.1) is 11.1 Å². The first kappa shape index (κ1) is 40.8. The van der Waals surface area contributed by atoms with E-state index in [0.717, 1.165) is 12.8 Å². The van der Waals surface area contributed by atoms with Gasteiger partial charge in [0.25, 0.3) is 0 Å². The molecule has 5 aliphatic carbocycles. The summed E-state index contributed by atoms with van der Waals surface area (Å²) in [6.07, 6.45) is 9.52. The van der Waals surface area contributed by atoms with Gasteiger partial charge in [-0.25, -0.2) is 0 Å². The van der Waals surface area contributed by atoms with Gasteiger partial charge in [-0.3, -0.25) is 0 Å². The van der Waals surface area contributed by atoms with Crippen molar-refractivity contribution >= 4 is 17.1 Å². The molecule has 65 heavy (non-hydrogen) atoms. The van der Waals surface area contributed by atoms with Gasteiger partial charge in [0.1, 0.15) is 0 Å². The summed E-state index contributed by atoms with van der Waals surface area (Å²) in [6.45, 7) is 22.1. The van der Waals surface area contributed by atoms with Gasteiger partial charge < -0.3 is 4.90 Å². The summed E-state index contributed by atoms with van der Waals surface area (Å²) in [6, 6.07) is 53.3. The van der Waals surface area contributed by atoms with E-state index in [0.29, 0.717) is 0 Å². The molecule has 0 heterocycles. The van der Waals surface area contributed by atoms with Crippen molar-refractivity contribution in [3.05, 3.63) is 195 Å². The first-order chi connectivity index (χ1) is 31.1. The van der Waals surface area contributed by atoms with E-state index in [1.807, 2.05) is 0 Å². The summed E-state index contributed by atoms with van der Waals surface area (Å²) in [5.41, 5.74) is 27.9. The van der Waals surface area contributed by atoms with E-state index in [2.05, 4.69) is 201 Å². The number of benzene rings is 7. The molecule has 0 radical (unpaired) electrons. The molecule has 0 bridgehead atoms. The van der Waals surface area contributed by atoms with Gasteiger partial charge in [-0.2, -0.15) is 0 Å². The molecule has 5 aliphatic rings. The predicted molar refractivity (Wildman–Crippen MR) is 275 cm³/mol. The zero-order chi connectivity index (χ0) is 44.8. The molecular weight excluding hydrogens is 783 g/mol. The molecular formula is C64H65N. The molecule has 0 aromatic heterocycles. The average Bonchev–Trinajstić information content (AvgIpc) is 3.76. The quantitative estimate of drug-likeness (QED) is 0.171. The minimum Gasteiger partial charge on any atom is -0.310 e. The van der Waals surface area contributed by atoms with Gasteiger partial charge in [-0.15, -0.1) is 0 Å². The van der Waals surface area contributed by atoms with Crippen LogP contribution in [-0.4, -0.2) is 0 Å². The molecule has 0 aliphatic heterocycles.